The Morgan fingerprint density at radius 3 is 3.11 bits per heavy atom. The van der Waals surface area contributed by atoms with Gasteiger partial charge in [0.1, 0.15) is 0 Å². The lowest BCUT2D eigenvalue weighted by Gasteiger charge is -2.23. The Hall–Kier alpha value is -0.710. The molecule has 1 amide bonds. The second kappa shape index (κ2) is 7.17. The fraction of sp³-hybridized carbons (Fsp3) is 0.500. The van der Waals surface area contributed by atoms with E-state index in [1.54, 1.807) is 11.8 Å². The van der Waals surface area contributed by atoms with Crippen molar-refractivity contribution in [2.75, 3.05) is 25.9 Å². The van der Waals surface area contributed by atoms with Gasteiger partial charge in [-0.2, -0.15) is 0 Å². The van der Waals surface area contributed by atoms with Gasteiger partial charge in [0.15, 0.2) is 0 Å². The van der Waals surface area contributed by atoms with Crippen molar-refractivity contribution in [3.8, 4) is 0 Å². The Labute approximate surface area is 123 Å². The summed E-state index contributed by atoms with van der Waals surface area (Å²) in [6, 6.07) is 8.15. The summed E-state index contributed by atoms with van der Waals surface area (Å²) in [5, 5.41) is 4.03. The first-order valence-corrected chi connectivity index (χ1v) is 7.98. The normalized spacial score (nSPS) is 18.5. The number of nitrogens with one attached hydrogen (secondary N) is 1. The van der Waals surface area contributed by atoms with Gasteiger partial charge in [0.2, 0.25) is 5.91 Å². The average Bonchev–Trinajstić information content (AvgIpc) is 2.91. The molecule has 2 rings (SSSR count). The minimum atomic E-state index is 0.209. The van der Waals surface area contributed by atoms with Crippen LogP contribution in [0.4, 0.5) is 0 Å². The van der Waals surface area contributed by atoms with Crippen LogP contribution in [0.3, 0.4) is 0 Å². The van der Waals surface area contributed by atoms with Crippen molar-refractivity contribution in [3.05, 3.63) is 34.9 Å². The van der Waals surface area contributed by atoms with Gasteiger partial charge in [-0.15, -0.1) is 11.8 Å². The number of carbonyl (C=O) groups is 1. The van der Waals surface area contributed by atoms with Crippen molar-refractivity contribution in [1.82, 2.24) is 10.2 Å². The van der Waals surface area contributed by atoms with Crippen LogP contribution in [0.5, 0.6) is 0 Å². The van der Waals surface area contributed by atoms with Crippen molar-refractivity contribution < 1.29 is 4.79 Å². The molecule has 5 heteroatoms. The predicted molar refractivity (Wildman–Crippen MR) is 81.7 cm³/mol. The molecule has 1 unspecified atom stereocenters. The van der Waals surface area contributed by atoms with E-state index in [4.69, 9.17) is 11.6 Å². The van der Waals surface area contributed by atoms with E-state index in [0.29, 0.717) is 11.8 Å². The van der Waals surface area contributed by atoms with Crippen molar-refractivity contribution in [3.63, 3.8) is 0 Å². The van der Waals surface area contributed by atoms with Crippen molar-refractivity contribution >= 4 is 29.3 Å². The van der Waals surface area contributed by atoms with Crippen LogP contribution in [-0.4, -0.2) is 42.7 Å². The Bertz CT molecular complexity index is 435. The number of benzene rings is 1. The van der Waals surface area contributed by atoms with Crippen molar-refractivity contribution in [2.24, 2.45) is 0 Å². The first-order valence-electron chi connectivity index (χ1n) is 6.45. The Balaban J connectivity index is 1.74. The summed E-state index contributed by atoms with van der Waals surface area (Å²) in [6.45, 7) is 1.93. The zero-order valence-corrected chi connectivity index (χ0v) is 12.6. The smallest absolute Gasteiger partial charge is 0.232 e. The second-order valence-electron chi connectivity index (χ2n) is 4.77. The van der Waals surface area contributed by atoms with Crippen LogP contribution in [0.1, 0.15) is 12.0 Å². The molecular formula is C14H19ClN2OS. The van der Waals surface area contributed by atoms with Gasteiger partial charge in [0, 0.05) is 30.4 Å². The minimum Gasteiger partial charge on any atom is -0.341 e. The molecule has 19 heavy (non-hydrogen) atoms. The number of hydrogen-bond acceptors (Lipinski definition) is 3. The third-order valence-corrected chi connectivity index (χ3v) is 4.58. The third kappa shape index (κ3) is 4.41. The summed E-state index contributed by atoms with van der Waals surface area (Å²) in [4.78, 5) is 13.9. The number of halogens is 1. The van der Waals surface area contributed by atoms with E-state index in [9.17, 15) is 4.79 Å². The third-order valence-electron chi connectivity index (χ3n) is 3.36. The molecule has 1 atom stereocenters. The van der Waals surface area contributed by atoms with Crippen molar-refractivity contribution in [2.45, 2.75) is 18.2 Å². The number of carbonyl (C=O) groups excluding carboxylic acids is 1. The fourth-order valence-electron chi connectivity index (χ4n) is 2.16. The summed E-state index contributed by atoms with van der Waals surface area (Å²) in [5.74, 6) is 1.56. The van der Waals surface area contributed by atoms with E-state index in [2.05, 4.69) is 5.32 Å². The molecule has 1 aromatic carbocycles. The lowest BCUT2D eigenvalue weighted by atomic mass is 10.2. The highest BCUT2D eigenvalue weighted by Gasteiger charge is 2.22. The predicted octanol–water partition coefficient (Wildman–Crippen LogP) is 2.39. The molecule has 0 saturated carbocycles. The summed E-state index contributed by atoms with van der Waals surface area (Å²) in [5.41, 5.74) is 1.16. The molecule has 1 fully saturated rings. The van der Waals surface area contributed by atoms with Crippen LogP contribution >= 0.6 is 23.4 Å². The highest BCUT2D eigenvalue weighted by Crippen LogP contribution is 2.17. The summed E-state index contributed by atoms with van der Waals surface area (Å²) < 4.78 is 0. The van der Waals surface area contributed by atoms with E-state index in [1.807, 2.05) is 36.2 Å². The average molecular weight is 299 g/mol. The molecule has 1 heterocycles. The van der Waals surface area contributed by atoms with Gasteiger partial charge in [-0.05, 0) is 30.7 Å². The maximum Gasteiger partial charge on any atom is 0.232 e. The van der Waals surface area contributed by atoms with E-state index < -0.39 is 0 Å². The number of rotatable bonds is 5. The second-order valence-corrected chi connectivity index (χ2v) is 6.20. The largest absolute Gasteiger partial charge is 0.341 e. The van der Waals surface area contributed by atoms with Gasteiger partial charge in [0.25, 0.3) is 0 Å². The van der Waals surface area contributed by atoms with Crippen LogP contribution in [0.2, 0.25) is 5.02 Å². The number of likely N-dealkylation sites (N-methyl/N-ethyl adjacent to an activating group) is 1. The van der Waals surface area contributed by atoms with E-state index in [0.717, 1.165) is 35.8 Å². The van der Waals surface area contributed by atoms with Gasteiger partial charge in [-0.25, -0.2) is 0 Å². The summed E-state index contributed by atoms with van der Waals surface area (Å²) in [6.07, 6.45) is 1.06. The van der Waals surface area contributed by atoms with Crippen LogP contribution in [-0.2, 0) is 10.5 Å². The maximum absolute atomic E-state index is 12.0. The monoisotopic (exact) mass is 298 g/mol. The molecule has 1 saturated heterocycles. The molecule has 1 aliphatic rings. The molecule has 0 aliphatic carbocycles. The molecule has 104 valence electrons. The minimum absolute atomic E-state index is 0.209. The fourth-order valence-corrected chi connectivity index (χ4v) is 3.27. The van der Waals surface area contributed by atoms with Gasteiger partial charge >= 0.3 is 0 Å². The highest BCUT2D eigenvalue weighted by atomic mass is 35.5. The lowest BCUT2D eigenvalue weighted by molar-refractivity contribution is -0.128. The topological polar surface area (TPSA) is 32.3 Å². The zero-order valence-electron chi connectivity index (χ0n) is 11.1. The van der Waals surface area contributed by atoms with Gasteiger partial charge in [0.05, 0.1) is 5.75 Å². The standard InChI is InChI=1S/C14H19ClN2OS/c1-17(13-5-6-16-8-13)14(18)10-19-9-11-3-2-4-12(15)7-11/h2-4,7,13,16H,5-6,8-10H2,1H3. The Kier molecular flexibility index (Phi) is 5.55. The molecule has 1 N–H and O–H groups in total. The summed E-state index contributed by atoms with van der Waals surface area (Å²) >= 11 is 7.57. The molecular weight excluding hydrogens is 280 g/mol. The molecule has 0 bridgehead atoms. The van der Waals surface area contributed by atoms with Gasteiger partial charge in [-0.3, -0.25) is 4.79 Å². The Morgan fingerprint density at radius 1 is 1.58 bits per heavy atom. The first-order chi connectivity index (χ1) is 9.16. The number of nitrogens with zero attached hydrogens (tertiary/aromatic N) is 1. The zero-order chi connectivity index (χ0) is 13.7. The Morgan fingerprint density at radius 2 is 2.42 bits per heavy atom. The maximum atomic E-state index is 12.0. The molecule has 1 aliphatic heterocycles. The molecule has 0 radical (unpaired) electrons. The lowest BCUT2D eigenvalue weighted by Crippen LogP contribution is -2.39. The molecule has 0 aromatic heterocycles. The van der Waals surface area contributed by atoms with Gasteiger partial charge in [-0.1, -0.05) is 23.7 Å². The van der Waals surface area contributed by atoms with Gasteiger partial charge < -0.3 is 10.2 Å². The number of hydrogen-bond donors (Lipinski definition) is 1. The van der Waals surface area contributed by atoms with Crippen LogP contribution < -0.4 is 5.32 Å². The highest BCUT2D eigenvalue weighted by molar-refractivity contribution is 7.99. The molecule has 1 aromatic rings. The first kappa shape index (κ1) is 14.7. The SMILES string of the molecule is CN(C(=O)CSCc1cccc(Cl)c1)C1CCNC1. The van der Waals surface area contributed by atoms with Crippen LogP contribution in [0.25, 0.3) is 0 Å². The van der Waals surface area contributed by atoms with E-state index in [1.165, 1.54) is 0 Å². The quantitative estimate of drug-likeness (QED) is 0.906. The van der Waals surface area contributed by atoms with Crippen LogP contribution in [0.15, 0.2) is 24.3 Å². The van der Waals surface area contributed by atoms with Crippen molar-refractivity contribution in [1.29, 1.82) is 0 Å². The van der Waals surface area contributed by atoms with Crippen LogP contribution in [0, 0.1) is 0 Å². The van der Waals surface area contributed by atoms with E-state index >= 15 is 0 Å². The molecule has 3 nitrogen and oxygen atoms in total. The number of thioether (sulfide) groups is 1. The number of amides is 1. The summed E-state index contributed by atoms with van der Waals surface area (Å²) in [7, 11) is 1.90. The van der Waals surface area contributed by atoms with E-state index in [-0.39, 0.29) is 5.91 Å². The molecule has 0 spiro atoms.